The van der Waals surface area contributed by atoms with Crippen molar-refractivity contribution in [3.05, 3.63) is 97.2 Å². The van der Waals surface area contributed by atoms with Gasteiger partial charge in [0.15, 0.2) is 6.10 Å². The summed E-state index contributed by atoms with van der Waals surface area (Å²) in [6, 6.07) is 0. The van der Waals surface area contributed by atoms with E-state index in [9.17, 15) is 14.4 Å². The van der Waals surface area contributed by atoms with Crippen LogP contribution in [0.4, 0.5) is 0 Å². The molecule has 64 heavy (non-hydrogen) atoms. The van der Waals surface area contributed by atoms with Crippen molar-refractivity contribution in [1.82, 2.24) is 0 Å². The smallest absolute Gasteiger partial charge is 0.306 e. The highest BCUT2D eigenvalue weighted by Gasteiger charge is 2.19. The zero-order valence-electron chi connectivity index (χ0n) is 41.5. The van der Waals surface area contributed by atoms with Gasteiger partial charge in [-0.15, -0.1) is 0 Å². The SMILES string of the molecule is CC/C=C\C/C=C\C/C=C\C/C=C\C/C=C\C/C=C\C/C=C\C/C=C\CCCCCCC(=O)OCC(COC(=O)CCCCCCCCCC)OC(=O)CCCCCCCCCCC. The Bertz CT molecular complexity index is 1300. The predicted octanol–water partition coefficient (Wildman–Crippen LogP) is 17.4. The summed E-state index contributed by atoms with van der Waals surface area (Å²) in [5, 5.41) is 0. The van der Waals surface area contributed by atoms with Gasteiger partial charge in [0.1, 0.15) is 13.2 Å². The Morgan fingerprint density at radius 3 is 0.953 bits per heavy atom. The van der Waals surface area contributed by atoms with E-state index in [4.69, 9.17) is 14.2 Å². The molecule has 1 unspecified atom stereocenters. The predicted molar refractivity (Wildman–Crippen MR) is 274 cm³/mol. The zero-order valence-corrected chi connectivity index (χ0v) is 41.5. The van der Waals surface area contributed by atoms with Crippen molar-refractivity contribution >= 4 is 17.9 Å². The first-order valence-electron chi connectivity index (χ1n) is 26.2. The lowest BCUT2D eigenvalue weighted by Gasteiger charge is -2.18. The molecule has 0 saturated carbocycles. The first-order chi connectivity index (χ1) is 31.5. The number of carbonyl (C=O) groups excluding carboxylic acids is 3. The molecule has 6 heteroatoms. The van der Waals surface area contributed by atoms with Gasteiger partial charge in [-0.05, 0) is 83.5 Å². The third kappa shape index (κ3) is 49.3. The number of hydrogen-bond donors (Lipinski definition) is 0. The molecule has 0 N–H and O–H groups in total. The normalized spacial score (nSPS) is 12.9. The van der Waals surface area contributed by atoms with Crippen LogP contribution >= 0.6 is 0 Å². The largest absolute Gasteiger partial charge is 0.462 e. The molecule has 6 nitrogen and oxygen atoms in total. The van der Waals surface area contributed by atoms with E-state index in [-0.39, 0.29) is 31.1 Å². The van der Waals surface area contributed by atoms with Crippen molar-refractivity contribution in [2.75, 3.05) is 13.2 Å². The van der Waals surface area contributed by atoms with E-state index >= 15 is 0 Å². The molecule has 0 aromatic rings. The summed E-state index contributed by atoms with van der Waals surface area (Å²) in [5.41, 5.74) is 0. The van der Waals surface area contributed by atoms with E-state index < -0.39 is 6.10 Å². The average molecular weight is 889 g/mol. The van der Waals surface area contributed by atoms with Gasteiger partial charge in [-0.3, -0.25) is 14.4 Å². The van der Waals surface area contributed by atoms with E-state index in [1.54, 1.807) is 0 Å². The molecule has 0 heterocycles. The molecule has 0 aromatic heterocycles. The molecule has 0 aliphatic heterocycles. The first-order valence-corrected chi connectivity index (χ1v) is 26.2. The topological polar surface area (TPSA) is 78.9 Å². The van der Waals surface area contributed by atoms with Gasteiger partial charge in [0.25, 0.3) is 0 Å². The number of allylic oxidation sites excluding steroid dienone is 16. The summed E-state index contributed by atoms with van der Waals surface area (Å²) in [6.45, 7) is 6.44. The third-order valence-electron chi connectivity index (χ3n) is 10.9. The van der Waals surface area contributed by atoms with E-state index in [2.05, 4.69) is 118 Å². The van der Waals surface area contributed by atoms with Crippen LogP contribution in [0.15, 0.2) is 97.2 Å². The maximum atomic E-state index is 12.7. The van der Waals surface area contributed by atoms with Gasteiger partial charge < -0.3 is 14.2 Å². The lowest BCUT2D eigenvalue weighted by atomic mass is 10.1. The molecular formula is C58H96O6. The number of unbranched alkanes of at least 4 members (excludes halogenated alkanes) is 19. The maximum absolute atomic E-state index is 12.7. The lowest BCUT2D eigenvalue weighted by Crippen LogP contribution is -2.30. The molecule has 0 spiro atoms. The average Bonchev–Trinajstić information content (AvgIpc) is 3.29. The minimum atomic E-state index is -0.782. The molecule has 1 atom stereocenters. The van der Waals surface area contributed by atoms with Crippen LogP contribution in [0, 0.1) is 0 Å². The fourth-order valence-corrected chi connectivity index (χ4v) is 6.93. The van der Waals surface area contributed by atoms with Gasteiger partial charge in [0.05, 0.1) is 0 Å². The highest BCUT2D eigenvalue weighted by molar-refractivity contribution is 5.71. The number of ether oxygens (including phenoxy) is 3. The monoisotopic (exact) mass is 889 g/mol. The molecule has 0 bridgehead atoms. The Hall–Kier alpha value is -3.67. The van der Waals surface area contributed by atoms with Crippen molar-refractivity contribution < 1.29 is 28.6 Å². The van der Waals surface area contributed by atoms with Crippen LogP contribution in [0.25, 0.3) is 0 Å². The van der Waals surface area contributed by atoms with E-state index in [1.165, 1.54) is 70.6 Å². The highest BCUT2D eigenvalue weighted by Crippen LogP contribution is 2.14. The highest BCUT2D eigenvalue weighted by atomic mass is 16.6. The van der Waals surface area contributed by atoms with E-state index in [0.29, 0.717) is 19.3 Å². The lowest BCUT2D eigenvalue weighted by molar-refractivity contribution is -0.167. The minimum Gasteiger partial charge on any atom is -0.462 e. The second-order valence-electron chi connectivity index (χ2n) is 17.1. The van der Waals surface area contributed by atoms with Crippen LogP contribution in [0.1, 0.15) is 233 Å². The van der Waals surface area contributed by atoms with Crippen LogP contribution in [-0.2, 0) is 28.6 Å². The summed E-state index contributed by atoms with van der Waals surface area (Å²) in [6.07, 6.45) is 68.4. The first kappa shape index (κ1) is 60.3. The quantitative estimate of drug-likeness (QED) is 0.0262. The van der Waals surface area contributed by atoms with Crippen molar-refractivity contribution in [2.45, 2.75) is 239 Å². The van der Waals surface area contributed by atoms with Crippen LogP contribution in [-0.4, -0.2) is 37.2 Å². The second-order valence-corrected chi connectivity index (χ2v) is 17.1. The standard InChI is InChI=1S/C58H96O6/c1-4-7-10-13-16-19-20-21-22-23-24-25-26-27-28-29-30-31-32-33-34-35-36-37-38-40-42-45-48-51-57(60)63-54-55(53-62-56(59)50-47-44-41-18-15-12-9-6-3)64-58(61)52-49-46-43-39-17-14-11-8-5-2/h7,10,16,19,21-22,24-25,27-28,30-31,33-34,36-37,55H,4-6,8-9,11-15,17-18,20,23,26,29,32,35,38-54H2,1-3H3/b10-7-,19-16-,22-21-,25-24-,28-27-,31-30-,34-33-,37-36-. The minimum absolute atomic E-state index is 0.0839. The molecule has 0 aromatic carbocycles. The van der Waals surface area contributed by atoms with Gasteiger partial charge in [0.2, 0.25) is 0 Å². The van der Waals surface area contributed by atoms with Gasteiger partial charge in [-0.2, -0.15) is 0 Å². The number of hydrogen-bond acceptors (Lipinski definition) is 6. The van der Waals surface area contributed by atoms with Crippen molar-refractivity contribution in [2.24, 2.45) is 0 Å². The van der Waals surface area contributed by atoms with Gasteiger partial charge in [-0.25, -0.2) is 0 Å². The van der Waals surface area contributed by atoms with Crippen LogP contribution in [0.3, 0.4) is 0 Å². The van der Waals surface area contributed by atoms with Crippen molar-refractivity contribution in [3.63, 3.8) is 0 Å². The zero-order chi connectivity index (χ0) is 46.5. The molecule has 0 saturated heterocycles. The Morgan fingerprint density at radius 1 is 0.328 bits per heavy atom. The molecule has 0 aliphatic rings. The van der Waals surface area contributed by atoms with E-state index in [0.717, 1.165) is 122 Å². The van der Waals surface area contributed by atoms with Crippen molar-refractivity contribution in [3.8, 4) is 0 Å². The Labute approximate surface area is 394 Å². The van der Waals surface area contributed by atoms with Gasteiger partial charge in [0, 0.05) is 19.3 Å². The molecule has 0 radical (unpaired) electrons. The summed E-state index contributed by atoms with van der Waals surface area (Å²) in [4.78, 5) is 37.7. The van der Waals surface area contributed by atoms with Gasteiger partial charge >= 0.3 is 17.9 Å². The third-order valence-corrected chi connectivity index (χ3v) is 10.9. The van der Waals surface area contributed by atoms with Crippen molar-refractivity contribution in [1.29, 1.82) is 0 Å². The number of esters is 3. The summed E-state index contributed by atoms with van der Waals surface area (Å²) in [5.74, 6) is -0.921. The Balaban J connectivity index is 4.20. The van der Waals surface area contributed by atoms with E-state index in [1.807, 2.05) is 0 Å². The number of rotatable bonds is 46. The number of carbonyl (C=O) groups is 3. The summed E-state index contributed by atoms with van der Waals surface area (Å²) in [7, 11) is 0. The Morgan fingerprint density at radius 2 is 0.609 bits per heavy atom. The molecule has 0 aliphatic carbocycles. The summed E-state index contributed by atoms with van der Waals surface area (Å²) < 4.78 is 16.7. The molecule has 0 fully saturated rings. The maximum Gasteiger partial charge on any atom is 0.306 e. The molecule has 364 valence electrons. The summed E-state index contributed by atoms with van der Waals surface area (Å²) >= 11 is 0. The Kier molecular flexibility index (Phi) is 49.0. The molecular weight excluding hydrogens is 793 g/mol. The fraction of sp³-hybridized carbons (Fsp3) is 0.672. The fourth-order valence-electron chi connectivity index (χ4n) is 6.93. The molecule has 0 amide bonds. The molecule has 0 rings (SSSR count). The second kappa shape index (κ2) is 52.0. The van der Waals surface area contributed by atoms with Crippen LogP contribution in [0.5, 0.6) is 0 Å². The van der Waals surface area contributed by atoms with Crippen LogP contribution in [0.2, 0.25) is 0 Å². The van der Waals surface area contributed by atoms with Gasteiger partial charge in [-0.1, -0.05) is 227 Å². The van der Waals surface area contributed by atoms with Crippen LogP contribution < -0.4 is 0 Å².